The summed E-state index contributed by atoms with van der Waals surface area (Å²) in [4.78, 5) is 23.8. The Bertz CT molecular complexity index is 918. The molecule has 0 aliphatic rings. The second kappa shape index (κ2) is 9.27. The molecule has 0 aliphatic carbocycles. The van der Waals surface area contributed by atoms with Crippen LogP contribution in [0.3, 0.4) is 0 Å². The van der Waals surface area contributed by atoms with E-state index in [1.807, 2.05) is 6.07 Å². The molecule has 27 heavy (non-hydrogen) atoms. The van der Waals surface area contributed by atoms with Crippen LogP contribution in [0.2, 0.25) is 5.02 Å². The first-order valence-corrected chi connectivity index (χ1v) is 8.32. The molecule has 2 aromatic carbocycles. The van der Waals surface area contributed by atoms with Gasteiger partial charge in [-0.05, 0) is 49.4 Å². The molecular formula is C19H17ClN4O3. The van der Waals surface area contributed by atoms with E-state index < -0.39 is 11.9 Å². The van der Waals surface area contributed by atoms with Crippen LogP contribution in [0.1, 0.15) is 17.3 Å². The highest BCUT2D eigenvalue weighted by Gasteiger charge is 2.10. The molecule has 4 N–H and O–H groups in total. The van der Waals surface area contributed by atoms with Gasteiger partial charge in [-0.1, -0.05) is 11.6 Å². The van der Waals surface area contributed by atoms with Crippen molar-refractivity contribution in [3.05, 3.63) is 64.8 Å². The number of nitriles is 1. The predicted molar refractivity (Wildman–Crippen MR) is 104 cm³/mol. The smallest absolute Gasteiger partial charge is 0.338 e. The van der Waals surface area contributed by atoms with Crippen molar-refractivity contribution in [2.75, 3.05) is 23.0 Å². The van der Waals surface area contributed by atoms with Crippen LogP contribution in [0.25, 0.3) is 0 Å². The Kier molecular flexibility index (Phi) is 6.80. The molecule has 0 heterocycles. The van der Waals surface area contributed by atoms with E-state index in [2.05, 4.69) is 10.6 Å². The fourth-order valence-electron chi connectivity index (χ4n) is 2.02. The Morgan fingerprint density at radius 3 is 2.48 bits per heavy atom. The van der Waals surface area contributed by atoms with E-state index in [-0.39, 0.29) is 5.57 Å². The van der Waals surface area contributed by atoms with Gasteiger partial charge in [0.05, 0.1) is 22.9 Å². The van der Waals surface area contributed by atoms with E-state index >= 15 is 0 Å². The number of hydrogen-bond acceptors (Lipinski definition) is 6. The Hall–Kier alpha value is -3.50. The molecule has 2 rings (SSSR count). The maximum atomic E-state index is 12.2. The number of benzene rings is 2. The third-order valence-electron chi connectivity index (χ3n) is 3.40. The molecule has 0 aromatic heterocycles. The van der Waals surface area contributed by atoms with E-state index in [4.69, 9.17) is 22.1 Å². The predicted octanol–water partition coefficient (Wildman–Crippen LogP) is 3.56. The van der Waals surface area contributed by atoms with E-state index in [0.717, 1.165) is 0 Å². The number of nitrogen functional groups attached to an aromatic ring is 1. The van der Waals surface area contributed by atoms with Crippen molar-refractivity contribution in [2.45, 2.75) is 6.92 Å². The van der Waals surface area contributed by atoms with E-state index in [9.17, 15) is 14.9 Å². The maximum Gasteiger partial charge on any atom is 0.338 e. The molecule has 0 radical (unpaired) electrons. The van der Waals surface area contributed by atoms with Gasteiger partial charge in [-0.3, -0.25) is 4.79 Å². The Balaban J connectivity index is 2.04. The van der Waals surface area contributed by atoms with Gasteiger partial charge in [-0.15, -0.1) is 0 Å². The molecule has 0 atom stereocenters. The summed E-state index contributed by atoms with van der Waals surface area (Å²) in [6.07, 6.45) is 1.27. The van der Waals surface area contributed by atoms with Gasteiger partial charge in [-0.2, -0.15) is 5.26 Å². The Morgan fingerprint density at radius 2 is 1.89 bits per heavy atom. The number of amides is 1. The average Bonchev–Trinajstić information content (AvgIpc) is 2.66. The van der Waals surface area contributed by atoms with Gasteiger partial charge in [0.2, 0.25) is 0 Å². The minimum absolute atomic E-state index is 0.141. The van der Waals surface area contributed by atoms with Crippen LogP contribution in [-0.2, 0) is 9.53 Å². The topological polar surface area (TPSA) is 117 Å². The first kappa shape index (κ1) is 19.8. The molecule has 0 fully saturated rings. The summed E-state index contributed by atoms with van der Waals surface area (Å²) in [6.45, 7) is 2.02. The van der Waals surface area contributed by atoms with Crippen LogP contribution in [0.5, 0.6) is 0 Å². The van der Waals surface area contributed by atoms with Crippen molar-refractivity contribution >= 4 is 40.5 Å². The molecule has 2 aromatic rings. The van der Waals surface area contributed by atoms with Gasteiger partial charge in [0, 0.05) is 17.6 Å². The van der Waals surface area contributed by atoms with Crippen molar-refractivity contribution in [3.8, 4) is 6.07 Å². The molecule has 0 unspecified atom stereocenters. The van der Waals surface area contributed by atoms with Gasteiger partial charge < -0.3 is 21.1 Å². The van der Waals surface area contributed by atoms with Gasteiger partial charge in [0.1, 0.15) is 11.6 Å². The first-order chi connectivity index (χ1) is 12.9. The molecule has 0 saturated heterocycles. The number of hydrogen-bond donors (Lipinski definition) is 3. The highest BCUT2D eigenvalue weighted by atomic mass is 35.5. The highest BCUT2D eigenvalue weighted by molar-refractivity contribution is 6.33. The van der Waals surface area contributed by atoms with Crippen LogP contribution in [0.15, 0.2) is 54.2 Å². The molecule has 0 saturated carbocycles. The standard InChI is InChI=1S/C19H17ClN4O3/c1-2-27-19(26)12-3-5-14(6-4-12)23-11-13(10-21)18(25)24-15-7-8-17(22)16(20)9-15/h3-9,11,23H,2,22H2,1H3,(H,24,25)/b13-11-. The summed E-state index contributed by atoms with van der Waals surface area (Å²) in [6, 6.07) is 12.9. The summed E-state index contributed by atoms with van der Waals surface area (Å²) >= 11 is 5.91. The number of rotatable bonds is 6. The fraction of sp³-hybridized carbons (Fsp3) is 0.105. The normalized spacial score (nSPS) is 10.6. The van der Waals surface area contributed by atoms with E-state index in [1.54, 1.807) is 43.3 Å². The third-order valence-corrected chi connectivity index (χ3v) is 3.73. The molecule has 0 bridgehead atoms. The molecule has 0 aliphatic heterocycles. The zero-order chi connectivity index (χ0) is 19.8. The number of carbonyl (C=O) groups is 2. The number of nitrogens with one attached hydrogen (secondary N) is 2. The van der Waals surface area contributed by atoms with E-state index in [0.29, 0.717) is 34.3 Å². The first-order valence-electron chi connectivity index (χ1n) is 7.95. The minimum atomic E-state index is -0.603. The second-order valence-corrected chi connectivity index (χ2v) is 5.71. The lowest BCUT2D eigenvalue weighted by Crippen LogP contribution is -2.14. The van der Waals surface area contributed by atoms with Crippen LogP contribution in [0, 0.1) is 11.3 Å². The molecule has 7 nitrogen and oxygen atoms in total. The van der Waals surface area contributed by atoms with Crippen molar-refractivity contribution in [2.24, 2.45) is 0 Å². The van der Waals surface area contributed by atoms with Gasteiger partial charge in [0.25, 0.3) is 5.91 Å². The molecule has 1 amide bonds. The molecule has 8 heteroatoms. The summed E-state index contributed by atoms with van der Waals surface area (Å²) in [7, 11) is 0. The number of carbonyl (C=O) groups excluding carboxylic acids is 2. The molecule has 0 spiro atoms. The van der Waals surface area contributed by atoms with Crippen LogP contribution < -0.4 is 16.4 Å². The third kappa shape index (κ3) is 5.49. The number of nitrogens with zero attached hydrogens (tertiary/aromatic N) is 1. The lowest BCUT2D eigenvalue weighted by molar-refractivity contribution is -0.112. The monoisotopic (exact) mass is 384 g/mol. The number of esters is 1. The van der Waals surface area contributed by atoms with Crippen molar-refractivity contribution in [1.82, 2.24) is 0 Å². The highest BCUT2D eigenvalue weighted by Crippen LogP contribution is 2.22. The number of nitrogens with two attached hydrogens (primary N) is 1. The second-order valence-electron chi connectivity index (χ2n) is 5.30. The van der Waals surface area contributed by atoms with Crippen LogP contribution in [-0.4, -0.2) is 18.5 Å². The average molecular weight is 385 g/mol. The van der Waals surface area contributed by atoms with Crippen molar-refractivity contribution in [3.63, 3.8) is 0 Å². The lowest BCUT2D eigenvalue weighted by atomic mass is 10.2. The summed E-state index contributed by atoms with van der Waals surface area (Å²) in [5, 5.41) is 14.9. The maximum absolute atomic E-state index is 12.2. The molecule has 138 valence electrons. The lowest BCUT2D eigenvalue weighted by Gasteiger charge is -2.07. The molecular weight excluding hydrogens is 368 g/mol. The largest absolute Gasteiger partial charge is 0.462 e. The summed E-state index contributed by atoms with van der Waals surface area (Å²) < 4.78 is 4.90. The zero-order valence-electron chi connectivity index (χ0n) is 14.5. The van der Waals surface area contributed by atoms with E-state index in [1.165, 1.54) is 12.3 Å². The van der Waals surface area contributed by atoms with Gasteiger partial charge >= 0.3 is 5.97 Å². The minimum Gasteiger partial charge on any atom is -0.462 e. The van der Waals surface area contributed by atoms with Crippen LogP contribution >= 0.6 is 11.6 Å². The quantitative estimate of drug-likeness (QED) is 0.303. The number of ether oxygens (including phenoxy) is 1. The summed E-state index contributed by atoms with van der Waals surface area (Å²) in [5.74, 6) is -1.02. The Labute approximate surface area is 161 Å². The number of halogens is 1. The SMILES string of the molecule is CCOC(=O)c1ccc(N/C=C(/C#N)C(=O)Nc2ccc(N)c(Cl)c2)cc1. The zero-order valence-corrected chi connectivity index (χ0v) is 15.2. The van der Waals surface area contributed by atoms with Gasteiger partial charge in [0.15, 0.2) is 0 Å². The van der Waals surface area contributed by atoms with Crippen molar-refractivity contribution in [1.29, 1.82) is 5.26 Å². The van der Waals surface area contributed by atoms with Crippen LogP contribution in [0.4, 0.5) is 17.1 Å². The summed E-state index contributed by atoms with van der Waals surface area (Å²) in [5.41, 5.74) is 7.28. The van der Waals surface area contributed by atoms with Gasteiger partial charge in [-0.25, -0.2) is 4.79 Å². The number of anilines is 3. The van der Waals surface area contributed by atoms with Crippen molar-refractivity contribution < 1.29 is 14.3 Å². The Morgan fingerprint density at radius 1 is 1.22 bits per heavy atom. The fourth-order valence-corrected chi connectivity index (χ4v) is 2.20.